The van der Waals surface area contributed by atoms with Crippen molar-refractivity contribution in [2.75, 3.05) is 26.2 Å². The van der Waals surface area contributed by atoms with Crippen LogP contribution in [0.2, 0.25) is 0 Å². The van der Waals surface area contributed by atoms with Gasteiger partial charge in [0.05, 0.1) is 5.56 Å². The van der Waals surface area contributed by atoms with Gasteiger partial charge in [0.1, 0.15) is 5.75 Å². The van der Waals surface area contributed by atoms with E-state index in [4.69, 9.17) is 4.74 Å². The number of amides is 1. The first-order chi connectivity index (χ1) is 9.88. The van der Waals surface area contributed by atoms with Gasteiger partial charge in [0, 0.05) is 25.7 Å². The maximum absolute atomic E-state index is 12.6. The highest BCUT2D eigenvalue weighted by Crippen LogP contribution is 2.31. The Morgan fingerprint density at radius 3 is 2.90 bits per heavy atom. The van der Waals surface area contributed by atoms with E-state index in [0.717, 1.165) is 12.1 Å². The van der Waals surface area contributed by atoms with Gasteiger partial charge < -0.3 is 15.0 Å². The van der Waals surface area contributed by atoms with Crippen molar-refractivity contribution in [2.24, 2.45) is 0 Å². The zero-order chi connectivity index (χ0) is 15.5. The number of hydrogen-bond donors (Lipinski definition) is 1. The molecule has 1 N–H and O–H groups in total. The summed E-state index contributed by atoms with van der Waals surface area (Å²) in [4.78, 5) is 13.7. The van der Waals surface area contributed by atoms with E-state index in [0.29, 0.717) is 19.6 Å². The number of piperazine rings is 1. The topological polar surface area (TPSA) is 41.6 Å². The number of carbonyl (C=O) groups excluding carboxylic acids is 1. The Bertz CT molecular complexity index is 505. The molecule has 1 saturated heterocycles. The quantitative estimate of drug-likeness (QED) is 0.927. The zero-order valence-electron chi connectivity index (χ0n) is 11.6. The van der Waals surface area contributed by atoms with E-state index in [1.807, 2.05) is 6.92 Å². The Morgan fingerprint density at radius 2 is 2.24 bits per heavy atom. The number of halogens is 3. The lowest BCUT2D eigenvalue weighted by molar-refractivity contribution is -0.137. The third-order valence-corrected chi connectivity index (χ3v) is 3.35. The first kappa shape index (κ1) is 15.6. The molecule has 0 saturated carbocycles. The monoisotopic (exact) mass is 302 g/mol. The van der Waals surface area contributed by atoms with Crippen molar-refractivity contribution in [1.82, 2.24) is 10.2 Å². The van der Waals surface area contributed by atoms with Crippen LogP contribution in [0.1, 0.15) is 12.5 Å². The minimum Gasteiger partial charge on any atom is -0.484 e. The summed E-state index contributed by atoms with van der Waals surface area (Å²) in [5.41, 5.74) is -0.789. The van der Waals surface area contributed by atoms with Crippen LogP contribution < -0.4 is 10.1 Å². The summed E-state index contributed by atoms with van der Waals surface area (Å²) in [6.07, 6.45) is -4.42. The molecule has 1 aliphatic heterocycles. The molecule has 1 aliphatic rings. The average Bonchev–Trinajstić information content (AvgIpc) is 2.45. The summed E-state index contributed by atoms with van der Waals surface area (Å²) in [7, 11) is 0. The highest BCUT2D eigenvalue weighted by molar-refractivity contribution is 5.78. The second-order valence-corrected chi connectivity index (χ2v) is 4.95. The smallest absolute Gasteiger partial charge is 0.416 e. The molecular formula is C14H17F3N2O2. The summed E-state index contributed by atoms with van der Waals surface area (Å²) in [6, 6.07) is 4.58. The van der Waals surface area contributed by atoms with Gasteiger partial charge in [0.25, 0.3) is 5.91 Å². The Morgan fingerprint density at radius 1 is 1.48 bits per heavy atom. The van der Waals surface area contributed by atoms with Gasteiger partial charge in [-0.3, -0.25) is 4.79 Å². The number of nitrogens with one attached hydrogen (secondary N) is 1. The molecule has 0 bridgehead atoms. The molecule has 4 nitrogen and oxygen atoms in total. The minimum absolute atomic E-state index is 0.0426. The molecule has 1 amide bonds. The van der Waals surface area contributed by atoms with Crippen LogP contribution in [0.4, 0.5) is 13.2 Å². The predicted octanol–water partition coefficient (Wildman–Crippen LogP) is 1.90. The van der Waals surface area contributed by atoms with E-state index >= 15 is 0 Å². The van der Waals surface area contributed by atoms with Gasteiger partial charge in [0.2, 0.25) is 0 Å². The van der Waals surface area contributed by atoms with Gasteiger partial charge in [-0.25, -0.2) is 0 Å². The molecule has 0 aliphatic carbocycles. The van der Waals surface area contributed by atoms with Gasteiger partial charge in [0.15, 0.2) is 6.61 Å². The molecular weight excluding hydrogens is 285 g/mol. The second-order valence-electron chi connectivity index (χ2n) is 4.95. The Labute approximate surface area is 120 Å². The molecule has 1 atom stereocenters. The second kappa shape index (κ2) is 6.34. The SMILES string of the molecule is C[C@H]1CNCCN1C(=O)COc1cccc(C(F)(F)F)c1. The van der Waals surface area contributed by atoms with Crippen LogP contribution in [0.3, 0.4) is 0 Å². The number of carbonyl (C=O) groups is 1. The van der Waals surface area contributed by atoms with Crippen molar-refractivity contribution in [3.05, 3.63) is 29.8 Å². The molecule has 0 unspecified atom stereocenters. The largest absolute Gasteiger partial charge is 0.484 e. The summed E-state index contributed by atoms with van der Waals surface area (Å²) in [6.45, 7) is 3.64. The van der Waals surface area contributed by atoms with Crippen LogP contribution in [-0.2, 0) is 11.0 Å². The van der Waals surface area contributed by atoms with Crippen LogP contribution >= 0.6 is 0 Å². The van der Waals surface area contributed by atoms with Crippen molar-refractivity contribution in [1.29, 1.82) is 0 Å². The van der Waals surface area contributed by atoms with E-state index in [1.165, 1.54) is 12.1 Å². The Balaban J connectivity index is 1.95. The van der Waals surface area contributed by atoms with E-state index in [-0.39, 0.29) is 24.3 Å². The minimum atomic E-state index is -4.42. The average molecular weight is 302 g/mol. The third-order valence-electron chi connectivity index (χ3n) is 3.35. The van der Waals surface area contributed by atoms with Crippen molar-refractivity contribution in [2.45, 2.75) is 19.1 Å². The Kier molecular flexibility index (Phi) is 4.72. The molecule has 2 rings (SSSR count). The molecule has 1 heterocycles. The van der Waals surface area contributed by atoms with Gasteiger partial charge >= 0.3 is 6.18 Å². The maximum atomic E-state index is 12.6. The lowest BCUT2D eigenvalue weighted by atomic mass is 10.2. The fraction of sp³-hybridized carbons (Fsp3) is 0.500. The van der Waals surface area contributed by atoms with Gasteiger partial charge in [-0.1, -0.05) is 6.07 Å². The van der Waals surface area contributed by atoms with Gasteiger partial charge in [-0.05, 0) is 25.1 Å². The Hall–Kier alpha value is -1.76. The lowest BCUT2D eigenvalue weighted by Gasteiger charge is -2.33. The van der Waals surface area contributed by atoms with E-state index < -0.39 is 11.7 Å². The highest BCUT2D eigenvalue weighted by Gasteiger charge is 2.30. The number of benzene rings is 1. The number of ether oxygens (including phenoxy) is 1. The number of alkyl halides is 3. The number of hydrogen-bond acceptors (Lipinski definition) is 3. The number of rotatable bonds is 3. The van der Waals surface area contributed by atoms with Crippen LogP contribution in [0.15, 0.2) is 24.3 Å². The highest BCUT2D eigenvalue weighted by atomic mass is 19.4. The van der Waals surface area contributed by atoms with E-state index in [1.54, 1.807) is 4.90 Å². The normalized spacial score (nSPS) is 19.4. The summed E-state index contributed by atoms with van der Waals surface area (Å²) in [5, 5.41) is 3.16. The predicted molar refractivity (Wildman–Crippen MR) is 71.0 cm³/mol. The summed E-state index contributed by atoms with van der Waals surface area (Å²) in [5.74, 6) is -0.178. The molecule has 7 heteroatoms. The van der Waals surface area contributed by atoms with Gasteiger partial charge in [-0.15, -0.1) is 0 Å². The summed E-state index contributed by atoms with van der Waals surface area (Å²) < 4.78 is 42.9. The van der Waals surface area contributed by atoms with Crippen molar-refractivity contribution in [3.8, 4) is 5.75 Å². The van der Waals surface area contributed by atoms with Crippen molar-refractivity contribution < 1.29 is 22.7 Å². The van der Waals surface area contributed by atoms with E-state index in [2.05, 4.69) is 5.32 Å². The fourth-order valence-corrected chi connectivity index (χ4v) is 2.20. The van der Waals surface area contributed by atoms with Crippen LogP contribution in [0, 0.1) is 0 Å². The molecule has 0 aromatic heterocycles. The maximum Gasteiger partial charge on any atom is 0.416 e. The molecule has 1 aromatic carbocycles. The number of nitrogens with zero attached hydrogens (tertiary/aromatic N) is 1. The molecule has 21 heavy (non-hydrogen) atoms. The molecule has 0 radical (unpaired) electrons. The molecule has 1 fully saturated rings. The zero-order valence-corrected chi connectivity index (χ0v) is 11.6. The van der Waals surface area contributed by atoms with Crippen LogP contribution in [0.5, 0.6) is 5.75 Å². The first-order valence-electron chi connectivity index (χ1n) is 6.68. The van der Waals surface area contributed by atoms with Crippen molar-refractivity contribution in [3.63, 3.8) is 0 Å². The molecule has 1 aromatic rings. The molecule has 116 valence electrons. The first-order valence-corrected chi connectivity index (χ1v) is 6.68. The summed E-state index contributed by atoms with van der Waals surface area (Å²) >= 11 is 0. The standard InChI is InChI=1S/C14H17F3N2O2/c1-10-8-18-5-6-19(10)13(20)9-21-12-4-2-3-11(7-12)14(15,16)17/h2-4,7,10,18H,5-6,8-9H2,1H3/t10-/m0/s1. The van der Waals surface area contributed by atoms with E-state index in [9.17, 15) is 18.0 Å². The van der Waals surface area contributed by atoms with Gasteiger partial charge in [-0.2, -0.15) is 13.2 Å². The van der Waals surface area contributed by atoms with Crippen LogP contribution in [0.25, 0.3) is 0 Å². The molecule has 0 spiro atoms. The lowest BCUT2D eigenvalue weighted by Crippen LogP contribution is -2.53. The third kappa shape index (κ3) is 4.10. The fourth-order valence-electron chi connectivity index (χ4n) is 2.20. The van der Waals surface area contributed by atoms with Crippen LogP contribution in [-0.4, -0.2) is 43.1 Å². The van der Waals surface area contributed by atoms with Crippen molar-refractivity contribution >= 4 is 5.91 Å².